The van der Waals surface area contributed by atoms with E-state index < -0.39 is 5.82 Å². The van der Waals surface area contributed by atoms with Gasteiger partial charge in [-0.25, -0.2) is 9.07 Å². The highest BCUT2D eigenvalue weighted by Crippen LogP contribution is 2.33. The summed E-state index contributed by atoms with van der Waals surface area (Å²) < 4.78 is 27.9. The summed E-state index contributed by atoms with van der Waals surface area (Å²) in [6, 6.07) is 22.5. The lowest BCUT2D eigenvalue weighted by Gasteiger charge is -2.26. The SMILES string of the molecule is Cc1nn(-c2ccccc2)c(Oc2ccc(Cl)cc2)c1CN(CC1CCCO1)C(=O)c1cccc(F)c1. The maximum Gasteiger partial charge on any atom is 0.254 e. The molecule has 0 radical (unpaired) electrons. The highest BCUT2D eigenvalue weighted by Gasteiger charge is 2.28. The van der Waals surface area contributed by atoms with E-state index in [0.29, 0.717) is 29.8 Å². The molecule has 0 bridgehead atoms. The molecular formula is C29H27ClFN3O3. The molecule has 6 nitrogen and oxygen atoms in total. The Hall–Kier alpha value is -3.68. The smallest absolute Gasteiger partial charge is 0.254 e. The molecule has 2 heterocycles. The average Bonchev–Trinajstić information content (AvgIpc) is 3.53. The number of hydrogen-bond acceptors (Lipinski definition) is 4. The second kappa shape index (κ2) is 11.2. The summed E-state index contributed by atoms with van der Waals surface area (Å²) in [7, 11) is 0. The Kier molecular flexibility index (Phi) is 7.53. The highest BCUT2D eigenvalue weighted by atomic mass is 35.5. The standard InChI is InChI=1S/C29H27ClFN3O3/c1-20-27(19-33(18-26-11-6-16-36-26)28(35)21-7-5-8-23(31)17-21)29(37-25-14-12-22(30)13-15-25)34(32-20)24-9-3-2-4-10-24/h2-5,7-10,12-15,17,26H,6,11,16,18-19H2,1H3. The van der Waals surface area contributed by atoms with Crippen molar-refractivity contribution in [3.05, 3.63) is 107 Å². The van der Waals surface area contributed by atoms with Gasteiger partial charge < -0.3 is 14.4 Å². The Labute approximate surface area is 220 Å². The van der Waals surface area contributed by atoms with Crippen LogP contribution in [0.3, 0.4) is 0 Å². The van der Waals surface area contributed by atoms with E-state index in [1.807, 2.05) is 37.3 Å². The maximum atomic E-state index is 14.0. The minimum absolute atomic E-state index is 0.0809. The molecule has 4 aromatic rings. The zero-order chi connectivity index (χ0) is 25.8. The molecule has 8 heteroatoms. The van der Waals surface area contributed by atoms with Gasteiger partial charge in [0.25, 0.3) is 5.91 Å². The van der Waals surface area contributed by atoms with Crippen LogP contribution in [0.2, 0.25) is 5.02 Å². The predicted octanol–water partition coefficient (Wildman–Crippen LogP) is 6.59. The number of rotatable bonds is 8. The molecule has 1 unspecified atom stereocenters. The largest absolute Gasteiger partial charge is 0.439 e. The molecule has 0 N–H and O–H groups in total. The first kappa shape index (κ1) is 25.0. The number of hydrogen-bond donors (Lipinski definition) is 0. The van der Waals surface area contributed by atoms with Gasteiger partial charge in [0.2, 0.25) is 5.88 Å². The maximum absolute atomic E-state index is 14.0. The summed E-state index contributed by atoms with van der Waals surface area (Å²) >= 11 is 6.08. The number of amides is 1. The third-order valence-corrected chi connectivity index (χ3v) is 6.57. The molecule has 190 valence electrons. The van der Waals surface area contributed by atoms with Gasteiger partial charge in [0, 0.05) is 23.7 Å². The van der Waals surface area contributed by atoms with Gasteiger partial charge in [0.15, 0.2) is 0 Å². The third kappa shape index (κ3) is 5.84. The molecule has 3 aromatic carbocycles. The number of para-hydroxylation sites is 1. The van der Waals surface area contributed by atoms with E-state index in [1.54, 1.807) is 46.0 Å². The molecule has 5 rings (SSSR count). The van der Waals surface area contributed by atoms with Crippen LogP contribution in [0.15, 0.2) is 78.9 Å². The Morgan fingerprint density at radius 1 is 1.14 bits per heavy atom. The van der Waals surface area contributed by atoms with Crippen LogP contribution in [0, 0.1) is 12.7 Å². The van der Waals surface area contributed by atoms with Crippen molar-refractivity contribution in [1.29, 1.82) is 0 Å². The van der Waals surface area contributed by atoms with Gasteiger partial charge in [-0.05, 0) is 74.4 Å². The number of halogens is 2. The van der Waals surface area contributed by atoms with Crippen molar-refractivity contribution in [1.82, 2.24) is 14.7 Å². The fraction of sp³-hybridized carbons (Fsp3) is 0.241. The summed E-state index contributed by atoms with van der Waals surface area (Å²) in [5.74, 6) is 0.349. The van der Waals surface area contributed by atoms with Crippen molar-refractivity contribution in [2.45, 2.75) is 32.4 Å². The monoisotopic (exact) mass is 519 g/mol. The average molecular weight is 520 g/mol. The Morgan fingerprint density at radius 2 is 1.92 bits per heavy atom. The summed E-state index contributed by atoms with van der Waals surface area (Å²) in [6.45, 7) is 3.16. The molecule has 0 aliphatic carbocycles. The van der Waals surface area contributed by atoms with Crippen molar-refractivity contribution in [2.75, 3.05) is 13.2 Å². The van der Waals surface area contributed by atoms with Gasteiger partial charge >= 0.3 is 0 Å². The molecule has 1 fully saturated rings. The summed E-state index contributed by atoms with van der Waals surface area (Å²) in [4.78, 5) is 15.3. The summed E-state index contributed by atoms with van der Waals surface area (Å²) in [5, 5.41) is 5.36. The fourth-order valence-electron chi connectivity index (χ4n) is 4.43. The van der Waals surface area contributed by atoms with Gasteiger partial charge in [-0.15, -0.1) is 0 Å². The Morgan fingerprint density at radius 3 is 2.62 bits per heavy atom. The molecular weight excluding hydrogens is 493 g/mol. The molecule has 1 aliphatic heterocycles. The first-order valence-corrected chi connectivity index (χ1v) is 12.6. The number of ether oxygens (including phenoxy) is 2. The Bertz CT molecular complexity index is 1370. The van der Waals surface area contributed by atoms with Gasteiger partial charge in [0.1, 0.15) is 11.6 Å². The number of carbonyl (C=O) groups is 1. The number of nitrogens with zero attached hydrogens (tertiary/aromatic N) is 3. The second-order valence-electron chi connectivity index (χ2n) is 9.00. The van der Waals surface area contributed by atoms with Crippen LogP contribution in [-0.2, 0) is 11.3 Å². The van der Waals surface area contributed by atoms with E-state index in [9.17, 15) is 9.18 Å². The lowest BCUT2D eigenvalue weighted by atomic mass is 10.1. The fourth-order valence-corrected chi connectivity index (χ4v) is 4.56. The predicted molar refractivity (Wildman–Crippen MR) is 140 cm³/mol. The molecule has 1 aliphatic rings. The summed E-state index contributed by atoms with van der Waals surface area (Å²) in [5.41, 5.74) is 2.58. The van der Waals surface area contributed by atoms with E-state index in [4.69, 9.17) is 26.2 Å². The van der Waals surface area contributed by atoms with E-state index in [1.165, 1.54) is 12.1 Å². The molecule has 0 saturated carbocycles. The van der Waals surface area contributed by atoms with Crippen LogP contribution >= 0.6 is 11.6 Å². The van der Waals surface area contributed by atoms with Crippen molar-refractivity contribution in [3.63, 3.8) is 0 Å². The van der Waals surface area contributed by atoms with Crippen LogP contribution in [0.4, 0.5) is 4.39 Å². The van der Waals surface area contributed by atoms with E-state index >= 15 is 0 Å². The van der Waals surface area contributed by atoms with Crippen LogP contribution < -0.4 is 4.74 Å². The van der Waals surface area contributed by atoms with Gasteiger partial charge in [-0.2, -0.15) is 5.10 Å². The van der Waals surface area contributed by atoms with Crippen LogP contribution in [0.1, 0.15) is 34.5 Å². The van der Waals surface area contributed by atoms with Crippen molar-refractivity contribution in [2.24, 2.45) is 0 Å². The molecule has 1 atom stereocenters. The van der Waals surface area contributed by atoms with Crippen molar-refractivity contribution < 1.29 is 18.7 Å². The molecule has 1 aromatic heterocycles. The number of benzene rings is 3. The van der Waals surface area contributed by atoms with Gasteiger partial charge in [0.05, 0.1) is 29.6 Å². The van der Waals surface area contributed by atoms with E-state index in [0.717, 1.165) is 29.8 Å². The lowest BCUT2D eigenvalue weighted by Crippen LogP contribution is -2.37. The quantitative estimate of drug-likeness (QED) is 0.263. The number of aryl methyl sites for hydroxylation is 1. The van der Waals surface area contributed by atoms with E-state index in [2.05, 4.69) is 0 Å². The minimum atomic E-state index is -0.456. The number of aromatic nitrogens is 2. The first-order chi connectivity index (χ1) is 18.0. The van der Waals surface area contributed by atoms with Crippen molar-refractivity contribution >= 4 is 17.5 Å². The third-order valence-electron chi connectivity index (χ3n) is 6.32. The van der Waals surface area contributed by atoms with Crippen LogP contribution in [0.5, 0.6) is 11.6 Å². The van der Waals surface area contributed by atoms with Crippen LogP contribution in [-0.4, -0.2) is 39.8 Å². The number of carbonyl (C=O) groups excluding carboxylic acids is 1. The molecule has 37 heavy (non-hydrogen) atoms. The van der Waals surface area contributed by atoms with Crippen LogP contribution in [0.25, 0.3) is 5.69 Å². The van der Waals surface area contributed by atoms with Gasteiger partial charge in [-0.1, -0.05) is 35.9 Å². The zero-order valence-corrected chi connectivity index (χ0v) is 21.2. The normalized spacial score (nSPS) is 15.1. The first-order valence-electron chi connectivity index (χ1n) is 12.2. The zero-order valence-electron chi connectivity index (χ0n) is 20.4. The van der Waals surface area contributed by atoms with E-state index in [-0.39, 0.29) is 24.1 Å². The van der Waals surface area contributed by atoms with Gasteiger partial charge in [-0.3, -0.25) is 4.79 Å². The highest BCUT2D eigenvalue weighted by molar-refractivity contribution is 6.30. The topological polar surface area (TPSA) is 56.6 Å². The molecule has 1 amide bonds. The second-order valence-corrected chi connectivity index (χ2v) is 9.44. The minimum Gasteiger partial charge on any atom is -0.439 e. The molecule has 0 spiro atoms. The summed E-state index contributed by atoms with van der Waals surface area (Å²) in [6.07, 6.45) is 1.73. The lowest BCUT2D eigenvalue weighted by molar-refractivity contribution is 0.0505. The molecule has 1 saturated heterocycles. The Balaban J connectivity index is 1.54. The van der Waals surface area contributed by atoms with Crippen molar-refractivity contribution in [3.8, 4) is 17.3 Å².